The zero-order valence-corrected chi connectivity index (χ0v) is 17.7. The summed E-state index contributed by atoms with van der Waals surface area (Å²) in [6.07, 6.45) is 16.4. The Labute approximate surface area is 170 Å². The number of allylic oxidation sites excluding steroid dienone is 2. The molecule has 2 aliphatic rings. The molecule has 1 fully saturated rings. The van der Waals surface area contributed by atoms with Crippen molar-refractivity contribution in [2.24, 2.45) is 16.8 Å². The molecule has 1 nitrogen and oxygen atoms in total. The maximum atomic E-state index is 5.06. The molecule has 0 heterocycles. The SMILES string of the molecule is CCCCCC1CCC(C2(N=C=S)C=CC(c3ccccc3)=C(C)C2)CC1. The van der Waals surface area contributed by atoms with Crippen LogP contribution in [0.25, 0.3) is 5.57 Å². The molecule has 0 amide bonds. The van der Waals surface area contributed by atoms with E-state index in [9.17, 15) is 0 Å². The van der Waals surface area contributed by atoms with Crippen molar-refractivity contribution >= 4 is 23.0 Å². The monoisotopic (exact) mass is 379 g/mol. The van der Waals surface area contributed by atoms with Crippen LogP contribution in [0.15, 0.2) is 53.0 Å². The molecular formula is C25H33NS. The summed E-state index contributed by atoms with van der Waals surface area (Å²) in [6, 6.07) is 10.7. The van der Waals surface area contributed by atoms with Gasteiger partial charge in [0.15, 0.2) is 0 Å². The summed E-state index contributed by atoms with van der Waals surface area (Å²) in [7, 11) is 0. The number of benzene rings is 1. The molecule has 0 radical (unpaired) electrons. The molecule has 0 N–H and O–H groups in total. The van der Waals surface area contributed by atoms with Crippen LogP contribution in [0.4, 0.5) is 0 Å². The third-order valence-corrected chi connectivity index (χ3v) is 6.75. The van der Waals surface area contributed by atoms with E-state index in [-0.39, 0.29) is 5.54 Å². The van der Waals surface area contributed by atoms with Crippen molar-refractivity contribution in [2.75, 3.05) is 0 Å². The van der Waals surface area contributed by atoms with Crippen molar-refractivity contribution in [1.82, 2.24) is 0 Å². The second-order valence-corrected chi connectivity index (χ2v) is 8.66. The summed E-state index contributed by atoms with van der Waals surface area (Å²) in [5.74, 6) is 1.52. The van der Waals surface area contributed by atoms with Gasteiger partial charge in [0, 0.05) is 0 Å². The Hall–Kier alpha value is -1.50. The van der Waals surface area contributed by atoms with Crippen molar-refractivity contribution in [3.63, 3.8) is 0 Å². The fourth-order valence-corrected chi connectivity index (χ4v) is 5.25. The Kier molecular flexibility index (Phi) is 7.21. The normalized spacial score (nSPS) is 28.1. The highest BCUT2D eigenvalue weighted by atomic mass is 32.1. The lowest BCUT2D eigenvalue weighted by Gasteiger charge is -2.41. The highest BCUT2D eigenvalue weighted by molar-refractivity contribution is 7.78. The van der Waals surface area contributed by atoms with Gasteiger partial charge in [-0.15, -0.1) is 0 Å². The number of hydrogen-bond donors (Lipinski definition) is 0. The van der Waals surface area contributed by atoms with E-state index in [1.165, 1.54) is 68.1 Å². The van der Waals surface area contributed by atoms with Gasteiger partial charge < -0.3 is 0 Å². The van der Waals surface area contributed by atoms with Crippen molar-refractivity contribution in [1.29, 1.82) is 0 Å². The predicted octanol–water partition coefficient (Wildman–Crippen LogP) is 7.65. The van der Waals surface area contributed by atoms with Gasteiger partial charge in [0.1, 0.15) is 0 Å². The molecule has 27 heavy (non-hydrogen) atoms. The summed E-state index contributed by atoms with van der Waals surface area (Å²) < 4.78 is 0. The molecular weight excluding hydrogens is 346 g/mol. The number of aliphatic imine (C=N–C) groups is 1. The smallest absolute Gasteiger partial charge is 0.0958 e. The molecule has 1 atom stereocenters. The number of rotatable bonds is 7. The van der Waals surface area contributed by atoms with E-state index in [2.05, 4.69) is 61.5 Å². The van der Waals surface area contributed by atoms with E-state index in [0.29, 0.717) is 5.92 Å². The number of nitrogens with zero attached hydrogens (tertiary/aromatic N) is 1. The van der Waals surface area contributed by atoms with Crippen molar-refractivity contribution in [3.8, 4) is 0 Å². The Bertz CT molecular complexity index is 718. The summed E-state index contributed by atoms with van der Waals surface area (Å²) in [5, 5.41) is 2.74. The second-order valence-electron chi connectivity index (χ2n) is 8.48. The first-order valence-corrected chi connectivity index (χ1v) is 11.1. The molecule has 2 heteroatoms. The molecule has 0 saturated heterocycles. The standard InChI is InChI=1S/C25H33NS/c1-3-4-6-9-21-12-14-23(15-13-21)25(26-19-27)17-16-24(20(2)18-25)22-10-7-5-8-11-22/h5,7-8,10-11,16-17,21,23H,3-4,6,9,12-15,18H2,1-2H3. The minimum atomic E-state index is -0.168. The average Bonchev–Trinajstić information content (AvgIpc) is 2.70. The maximum absolute atomic E-state index is 5.06. The number of isothiocyanates is 1. The Morgan fingerprint density at radius 2 is 1.85 bits per heavy atom. The highest BCUT2D eigenvalue weighted by Gasteiger charge is 2.40. The van der Waals surface area contributed by atoms with E-state index >= 15 is 0 Å². The van der Waals surface area contributed by atoms with Crippen molar-refractivity contribution in [2.45, 2.75) is 77.2 Å². The molecule has 3 rings (SSSR count). The number of thiocarbonyl (C=S) groups is 1. The van der Waals surface area contributed by atoms with Crippen molar-refractivity contribution < 1.29 is 0 Å². The molecule has 1 saturated carbocycles. The molecule has 0 bridgehead atoms. The third kappa shape index (κ3) is 4.86. The van der Waals surface area contributed by atoms with Crippen LogP contribution in [0.5, 0.6) is 0 Å². The van der Waals surface area contributed by atoms with E-state index in [4.69, 9.17) is 17.2 Å². The van der Waals surface area contributed by atoms with Gasteiger partial charge in [-0.1, -0.05) is 93.5 Å². The van der Waals surface area contributed by atoms with Gasteiger partial charge >= 0.3 is 0 Å². The van der Waals surface area contributed by atoms with Crippen LogP contribution in [-0.4, -0.2) is 10.7 Å². The largest absolute Gasteiger partial charge is 0.221 e. The molecule has 1 unspecified atom stereocenters. The van der Waals surface area contributed by atoms with E-state index < -0.39 is 0 Å². The van der Waals surface area contributed by atoms with Crippen LogP contribution in [0.2, 0.25) is 0 Å². The molecule has 0 aromatic heterocycles. The molecule has 2 aliphatic carbocycles. The summed E-state index contributed by atoms with van der Waals surface area (Å²) in [4.78, 5) is 4.76. The van der Waals surface area contributed by atoms with Gasteiger partial charge in [-0.25, -0.2) is 4.99 Å². The number of hydrogen-bond acceptors (Lipinski definition) is 2. The van der Waals surface area contributed by atoms with Gasteiger partial charge in [-0.3, -0.25) is 0 Å². The quantitative estimate of drug-likeness (QED) is 0.269. The van der Waals surface area contributed by atoms with Crippen LogP contribution in [0.1, 0.15) is 77.2 Å². The fourth-order valence-electron chi connectivity index (χ4n) is 5.08. The molecule has 0 aliphatic heterocycles. The van der Waals surface area contributed by atoms with E-state index in [1.807, 2.05) is 0 Å². The minimum Gasteiger partial charge on any atom is -0.221 e. The molecule has 0 spiro atoms. The van der Waals surface area contributed by atoms with Crippen LogP contribution < -0.4 is 0 Å². The molecule has 144 valence electrons. The van der Waals surface area contributed by atoms with Crippen LogP contribution in [-0.2, 0) is 0 Å². The van der Waals surface area contributed by atoms with Gasteiger partial charge in [-0.2, -0.15) is 0 Å². The predicted molar refractivity (Wildman–Crippen MR) is 120 cm³/mol. The lowest BCUT2D eigenvalue weighted by atomic mass is 9.67. The lowest BCUT2D eigenvalue weighted by molar-refractivity contribution is 0.196. The Morgan fingerprint density at radius 1 is 1.11 bits per heavy atom. The Morgan fingerprint density at radius 3 is 2.48 bits per heavy atom. The summed E-state index contributed by atoms with van der Waals surface area (Å²) in [5.41, 5.74) is 3.89. The molecule has 1 aromatic carbocycles. The average molecular weight is 380 g/mol. The highest BCUT2D eigenvalue weighted by Crippen LogP contribution is 2.46. The van der Waals surface area contributed by atoms with Crippen molar-refractivity contribution in [3.05, 3.63) is 53.6 Å². The third-order valence-electron chi connectivity index (χ3n) is 6.65. The Balaban J connectivity index is 1.71. The first kappa shape index (κ1) is 20.2. The fraction of sp³-hybridized carbons (Fsp3) is 0.560. The van der Waals surface area contributed by atoms with Gasteiger partial charge in [0.05, 0.1) is 10.7 Å². The second kappa shape index (κ2) is 9.62. The maximum Gasteiger partial charge on any atom is 0.0958 e. The van der Waals surface area contributed by atoms with Crippen LogP contribution in [0.3, 0.4) is 0 Å². The number of unbranched alkanes of at least 4 members (excludes halogenated alkanes) is 2. The van der Waals surface area contributed by atoms with Gasteiger partial charge in [0.2, 0.25) is 0 Å². The minimum absolute atomic E-state index is 0.168. The van der Waals surface area contributed by atoms with E-state index in [0.717, 1.165) is 12.3 Å². The van der Waals surface area contributed by atoms with E-state index in [1.54, 1.807) is 0 Å². The summed E-state index contributed by atoms with van der Waals surface area (Å²) >= 11 is 5.06. The van der Waals surface area contributed by atoms with Crippen LogP contribution in [0, 0.1) is 11.8 Å². The topological polar surface area (TPSA) is 12.4 Å². The first-order valence-electron chi connectivity index (χ1n) is 10.7. The van der Waals surface area contributed by atoms with Gasteiger partial charge in [-0.05, 0) is 61.4 Å². The van der Waals surface area contributed by atoms with Gasteiger partial charge in [0.25, 0.3) is 0 Å². The zero-order chi connectivity index (χ0) is 19.1. The zero-order valence-electron chi connectivity index (χ0n) is 16.9. The summed E-state index contributed by atoms with van der Waals surface area (Å²) in [6.45, 7) is 4.55. The van der Waals surface area contributed by atoms with Crippen LogP contribution >= 0.6 is 12.2 Å². The lowest BCUT2D eigenvalue weighted by Crippen LogP contribution is -2.38. The molecule has 1 aromatic rings. The first-order chi connectivity index (χ1) is 13.2.